The van der Waals surface area contributed by atoms with Gasteiger partial charge in [0.2, 0.25) is 0 Å². The summed E-state index contributed by atoms with van der Waals surface area (Å²) < 4.78 is 1.91. The van der Waals surface area contributed by atoms with Crippen LogP contribution in [0.2, 0.25) is 0 Å². The van der Waals surface area contributed by atoms with Crippen LogP contribution in [0.15, 0.2) is 24.4 Å². The van der Waals surface area contributed by atoms with Crippen molar-refractivity contribution in [2.75, 3.05) is 18.5 Å². The third-order valence-electron chi connectivity index (χ3n) is 4.05. The Morgan fingerprint density at radius 3 is 2.79 bits per heavy atom. The first-order valence-electron chi connectivity index (χ1n) is 8.45. The van der Waals surface area contributed by atoms with E-state index in [4.69, 9.17) is 0 Å². The highest BCUT2D eigenvalue weighted by molar-refractivity contribution is 5.92. The minimum atomic E-state index is -0.215. The predicted octanol–water partition coefficient (Wildman–Crippen LogP) is 3.54. The highest BCUT2D eigenvalue weighted by atomic mass is 16.3. The van der Waals surface area contributed by atoms with E-state index in [1.54, 1.807) is 0 Å². The molecule has 0 fully saturated rings. The van der Waals surface area contributed by atoms with Gasteiger partial charge in [0.1, 0.15) is 0 Å². The fourth-order valence-electron chi connectivity index (χ4n) is 2.41. The molecular weight excluding hydrogens is 304 g/mol. The van der Waals surface area contributed by atoms with Gasteiger partial charge in [-0.15, -0.1) is 0 Å². The number of urea groups is 1. The van der Waals surface area contributed by atoms with Gasteiger partial charge in [0.25, 0.3) is 0 Å². The van der Waals surface area contributed by atoms with Gasteiger partial charge in [-0.25, -0.2) is 4.79 Å². The summed E-state index contributed by atoms with van der Waals surface area (Å²) in [7, 11) is 0. The van der Waals surface area contributed by atoms with Crippen LogP contribution in [0.5, 0.6) is 0 Å². The Bertz CT molecular complexity index is 691. The molecule has 2 aromatic rings. The molecule has 2 amide bonds. The second kappa shape index (κ2) is 7.66. The number of aliphatic hydroxyl groups is 1. The number of hydrogen-bond acceptors (Lipinski definition) is 3. The number of carbonyl (C=O) groups excluding carboxylic acids is 1. The van der Waals surface area contributed by atoms with Gasteiger partial charge in [-0.3, -0.25) is 4.68 Å². The number of rotatable bonds is 7. The highest BCUT2D eigenvalue weighted by Gasteiger charge is 2.15. The van der Waals surface area contributed by atoms with Crippen molar-refractivity contribution >= 4 is 22.6 Å². The number of fused-ring (bicyclic) bond motifs is 1. The van der Waals surface area contributed by atoms with E-state index in [-0.39, 0.29) is 18.1 Å². The topological polar surface area (TPSA) is 79.2 Å². The number of hydrogen-bond donors (Lipinski definition) is 3. The fraction of sp³-hybridized carbons (Fsp3) is 0.556. The van der Waals surface area contributed by atoms with E-state index >= 15 is 0 Å². The molecule has 0 saturated heterocycles. The molecule has 0 aliphatic carbocycles. The van der Waals surface area contributed by atoms with Gasteiger partial charge in [-0.2, -0.15) is 5.10 Å². The second-order valence-electron chi connectivity index (χ2n) is 7.28. The number of nitrogens with zero attached hydrogens (tertiary/aromatic N) is 2. The smallest absolute Gasteiger partial charge is 0.319 e. The van der Waals surface area contributed by atoms with Crippen LogP contribution in [0.4, 0.5) is 10.5 Å². The maximum Gasteiger partial charge on any atom is 0.319 e. The Hall–Kier alpha value is -2.08. The molecule has 0 atom stereocenters. The number of anilines is 1. The van der Waals surface area contributed by atoms with E-state index in [1.165, 1.54) is 0 Å². The van der Waals surface area contributed by atoms with Crippen LogP contribution in [0.1, 0.15) is 46.6 Å². The molecule has 0 radical (unpaired) electrons. The molecule has 2 rings (SSSR count). The first kappa shape index (κ1) is 18.3. The molecule has 6 nitrogen and oxygen atoms in total. The number of aromatic nitrogens is 2. The summed E-state index contributed by atoms with van der Waals surface area (Å²) in [5, 5.41) is 20.4. The zero-order chi connectivity index (χ0) is 17.7. The van der Waals surface area contributed by atoms with Gasteiger partial charge in [0.15, 0.2) is 0 Å². The summed E-state index contributed by atoms with van der Waals surface area (Å²) in [4.78, 5) is 12.0. The van der Waals surface area contributed by atoms with Crippen LogP contribution in [0.25, 0.3) is 10.9 Å². The quantitative estimate of drug-likeness (QED) is 0.679. The van der Waals surface area contributed by atoms with Crippen LogP contribution in [0.3, 0.4) is 0 Å². The van der Waals surface area contributed by atoms with E-state index < -0.39 is 0 Å². The molecule has 132 valence electrons. The third kappa shape index (κ3) is 4.96. The van der Waals surface area contributed by atoms with Crippen LogP contribution >= 0.6 is 0 Å². The van der Waals surface area contributed by atoms with Crippen molar-refractivity contribution in [2.24, 2.45) is 5.41 Å². The molecule has 1 aromatic heterocycles. The molecule has 1 aromatic carbocycles. The van der Waals surface area contributed by atoms with Crippen LogP contribution in [0, 0.1) is 5.41 Å². The molecular formula is C18H28N4O2. The molecule has 0 aliphatic rings. The van der Waals surface area contributed by atoms with E-state index in [1.807, 2.05) is 42.9 Å². The van der Waals surface area contributed by atoms with Gasteiger partial charge in [-0.1, -0.05) is 13.8 Å². The third-order valence-corrected chi connectivity index (χ3v) is 4.05. The van der Waals surface area contributed by atoms with E-state index in [0.29, 0.717) is 12.6 Å². The minimum absolute atomic E-state index is 0.0975. The van der Waals surface area contributed by atoms with Crippen molar-refractivity contribution in [3.63, 3.8) is 0 Å². The van der Waals surface area contributed by atoms with Crippen LogP contribution in [-0.2, 0) is 0 Å². The van der Waals surface area contributed by atoms with Gasteiger partial charge in [0.05, 0.1) is 5.52 Å². The minimum Gasteiger partial charge on any atom is -0.396 e. The van der Waals surface area contributed by atoms with Gasteiger partial charge in [0, 0.05) is 36.5 Å². The van der Waals surface area contributed by atoms with Crippen molar-refractivity contribution in [1.29, 1.82) is 0 Å². The van der Waals surface area contributed by atoms with Gasteiger partial charge >= 0.3 is 6.03 Å². The Labute approximate surface area is 143 Å². The van der Waals surface area contributed by atoms with Crippen LogP contribution < -0.4 is 10.6 Å². The van der Waals surface area contributed by atoms with Crippen LogP contribution in [-0.4, -0.2) is 34.1 Å². The molecule has 0 unspecified atom stereocenters. The summed E-state index contributed by atoms with van der Waals surface area (Å²) in [5.41, 5.74) is 1.57. The van der Waals surface area contributed by atoms with E-state index in [0.717, 1.165) is 29.4 Å². The van der Waals surface area contributed by atoms with Crippen molar-refractivity contribution < 1.29 is 9.90 Å². The standard InChI is InChI=1S/C18H28N4O2/c1-13(2)22-11-14-10-15(6-7-16(14)21-22)20-17(24)19-9-5-8-18(3,4)12-23/h6-7,10-11,13,23H,5,8-9,12H2,1-4H3,(H2,19,20,24). The maximum absolute atomic E-state index is 12.0. The number of nitrogens with one attached hydrogen (secondary N) is 2. The Morgan fingerprint density at radius 1 is 1.38 bits per heavy atom. The maximum atomic E-state index is 12.0. The lowest BCUT2D eigenvalue weighted by Gasteiger charge is -2.21. The van der Waals surface area contributed by atoms with Gasteiger partial charge < -0.3 is 15.7 Å². The number of carbonyl (C=O) groups is 1. The molecule has 3 N–H and O–H groups in total. The predicted molar refractivity (Wildman–Crippen MR) is 97.2 cm³/mol. The van der Waals surface area contributed by atoms with Crippen molar-refractivity contribution in [2.45, 2.75) is 46.6 Å². The zero-order valence-electron chi connectivity index (χ0n) is 15.0. The first-order valence-corrected chi connectivity index (χ1v) is 8.45. The van der Waals surface area contributed by atoms with E-state index in [2.05, 4.69) is 29.6 Å². The van der Waals surface area contributed by atoms with Crippen molar-refractivity contribution in [3.05, 3.63) is 24.4 Å². The SMILES string of the molecule is CC(C)n1cc2cc(NC(=O)NCCCC(C)(C)CO)ccc2n1. The summed E-state index contributed by atoms with van der Waals surface area (Å²) in [6.07, 6.45) is 3.69. The molecule has 0 bridgehead atoms. The fourth-order valence-corrected chi connectivity index (χ4v) is 2.41. The highest BCUT2D eigenvalue weighted by Crippen LogP contribution is 2.21. The largest absolute Gasteiger partial charge is 0.396 e. The molecule has 0 spiro atoms. The Balaban J connectivity index is 1.86. The summed E-state index contributed by atoms with van der Waals surface area (Å²) in [6.45, 7) is 8.93. The molecule has 0 saturated carbocycles. The normalized spacial score (nSPS) is 11.9. The number of benzene rings is 1. The van der Waals surface area contributed by atoms with Crippen molar-refractivity contribution in [3.8, 4) is 0 Å². The zero-order valence-corrected chi connectivity index (χ0v) is 15.0. The monoisotopic (exact) mass is 332 g/mol. The average Bonchev–Trinajstić information content (AvgIpc) is 2.95. The number of aliphatic hydroxyl groups excluding tert-OH is 1. The summed E-state index contributed by atoms with van der Waals surface area (Å²) in [5.74, 6) is 0. The molecule has 1 heterocycles. The lowest BCUT2D eigenvalue weighted by Crippen LogP contribution is -2.30. The Morgan fingerprint density at radius 2 is 2.12 bits per heavy atom. The second-order valence-corrected chi connectivity index (χ2v) is 7.28. The first-order chi connectivity index (χ1) is 11.3. The van der Waals surface area contributed by atoms with Gasteiger partial charge in [-0.05, 0) is 50.3 Å². The summed E-state index contributed by atoms with van der Waals surface area (Å²) in [6, 6.07) is 5.78. The molecule has 6 heteroatoms. The average molecular weight is 332 g/mol. The van der Waals surface area contributed by atoms with E-state index in [9.17, 15) is 9.90 Å². The lowest BCUT2D eigenvalue weighted by atomic mass is 9.89. The number of amides is 2. The summed E-state index contributed by atoms with van der Waals surface area (Å²) >= 11 is 0. The van der Waals surface area contributed by atoms with Crippen molar-refractivity contribution in [1.82, 2.24) is 15.1 Å². The lowest BCUT2D eigenvalue weighted by molar-refractivity contribution is 0.148. The molecule has 0 aliphatic heterocycles. The Kier molecular flexibility index (Phi) is 5.83. The molecule has 24 heavy (non-hydrogen) atoms.